The minimum absolute atomic E-state index is 0.327. The van der Waals surface area contributed by atoms with Crippen LogP contribution in [0.5, 0.6) is 0 Å². The summed E-state index contributed by atoms with van der Waals surface area (Å²) in [6.07, 6.45) is 4.36. The van der Waals surface area contributed by atoms with Gasteiger partial charge in [-0.25, -0.2) is 4.39 Å². The Hall–Kier alpha value is -2.67. The topological polar surface area (TPSA) is 73.0 Å². The molecule has 27 heavy (non-hydrogen) atoms. The lowest BCUT2D eigenvalue weighted by Crippen LogP contribution is -2.18. The standard InChI is InChI=1S/C19H18ClFN4O2/c1-11-2-5-16-14(8-11)18(24-27-16)19(26)22-17-6-7-25(23-17)10-12-3-4-13(21)9-15(12)20/h3-4,6-7,9,11H,2,5,8,10H2,1H3,(H,22,23,26). The molecule has 1 unspecified atom stereocenters. The zero-order chi connectivity index (χ0) is 19.0. The molecule has 3 aromatic rings. The summed E-state index contributed by atoms with van der Waals surface area (Å²) < 4.78 is 20.1. The number of anilines is 1. The van der Waals surface area contributed by atoms with E-state index in [0.29, 0.717) is 29.0 Å². The number of nitrogens with one attached hydrogen (secondary N) is 1. The lowest BCUT2D eigenvalue weighted by molar-refractivity contribution is 0.101. The van der Waals surface area contributed by atoms with E-state index in [4.69, 9.17) is 16.1 Å². The Labute approximate surface area is 160 Å². The maximum atomic E-state index is 13.1. The number of hydrogen-bond acceptors (Lipinski definition) is 4. The van der Waals surface area contributed by atoms with Crippen LogP contribution >= 0.6 is 11.6 Å². The summed E-state index contributed by atoms with van der Waals surface area (Å²) in [7, 11) is 0. The quantitative estimate of drug-likeness (QED) is 0.730. The predicted molar refractivity (Wildman–Crippen MR) is 98.4 cm³/mol. The number of hydrogen-bond donors (Lipinski definition) is 1. The van der Waals surface area contributed by atoms with Crippen molar-refractivity contribution in [3.05, 3.63) is 63.9 Å². The van der Waals surface area contributed by atoms with Gasteiger partial charge in [0.1, 0.15) is 11.6 Å². The van der Waals surface area contributed by atoms with Crippen LogP contribution in [0.1, 0.15) is 40.7 Å². The number of benzene rings is 1. The van der Waals surface area contributed by atoms with Crippen LogP contribution in [0.15, 0.2) is 35.0 Å². The molecular formula is C19H18ClFN4O2. The SMILES string of the molecule is CC1CCc2onc(C(=O)Nc3ccn(Cc4ccc(F)cc4Cl)n3)c2C1. The van der Waals surface area contributed by atoms with Crippen molar-refractivity contribution in [1.82, 2.24) is 14.9 Å². The first-order valence-electron chi connectivity index (χ1n) is 8.75. The third-order valence-corrected chi connectivity index (χ3v) is 5.08. The molecule has 0 saturated carbocycles. The average Bonchev–Trinajstić information content (AvgIpc) is 3.23. The van der Waals surface area contributed by atoms with Gasteiger partial charge in [0, 0.05) is 29.3 Å². The van der Waals surface area contributed by atoms with Gasteiger partial charge in [-0.3, -0.25) is 9.48 Å². The first-order chi connectivity index (χ1) is 13.0. The first-order valence-corrected chi connectivity index (χ1v) is 9.13. The van der Waals surface area contributed by atoms with Crippen LogP contribution in [-0.4, -0.2) is 20.8 Å². The van der Waals surface area contributed by atoms with E-state index in [1.807, 2.05) is 0 Å². The van der Waals surface area contributed by atoms with Gasteiger partial charge in [-0.1, -0.05) is 29.7 Å². The number of aromatic nitrogens is 3. The van der Waals surface area contributed by atoms with Gasteiger partial charge < -0.3 is 9.84 Å². The lowest BCUT2D eigenvalue weighted by Gasteiger charge is -2.16. The summed E-state index contributed by atoms with van der Waals surface area (Å²) in [4.78, 5) is 12.6. The molecule has 8 heteroatoms. The van der Waals surface area contributed by atoms with Crippen molar-refractivity contribution in [3.63, 3.8) is 0 Å². The molecule has 2 heterocycles. The van der Waals surface area contributed by atoms with Gasteiger partial charge in [-0.05, 0) is 36.5 Å². The Balaban J connectivity index is 1.47. The highest BCUT2D eigenvalue weighted by Gasteiger charge is 2.27. The Morgan fingerprint density at radius 2 is 2.30 bits per heavy atom. The lowest BCUT2D eigenvalue weighted by atomic mass is 9.88. The molecular weight excluding hydrogens is 371 g/mol. The maximum Gasteiger partial charge on any atom is 0.279 e. The van der Waals surface area contributed by atoms with E-state index in [2.05, 4.69) is 22.5 Å². The summed E-state index contributed by atoms with van der Waals surface area (Å²) in [6.45, 7) is 2.52. The molecule has 4 rings (SSSR count). The van der Waals surface area contributed by atoms with E-state index in [1.54, 1.807) is 23.0 Å². The van der Waals surface area contributed by atoms with E-state index in [1.165, 1.54) is 12.1 Å². The molecule has 140 valence electrons. The van der Waals surface area contributed by atoms with Gasteiger partial charge in [0.2, 0.25) is 0 Å². The molecule has 0 bridgehead atoms. The molecule has 1 amide bonds. The molecule has 0 fully saturated rings. The first kappa shape index (κ1) is 17.7. The molecule has 1 aliphatic carbocycles. The van der Waals surface area contributed by atoms with E-state index in [0.717, 1.165) is 36.1 Å². The number of halogens is 2. The van der Waals surface area contributed by atoms with Gasteiger partial charge in [0.05, 0.1) is 6.54 Å². The summed E-state index contributed by atoms with van der Waals surface area (Å²) in [5.41, 5.74) is 1.95. The fourth-order valence-electron chi connectivity index (χ4n) is 3.27. The van der Waals surface area contributed by atoms with E-state index in [9.17, 15) is 9.18 Å². The summed E-state index contributed by atoms with van der Waals surface area (Å²) in [5, 5.41) is 11.4. The van der Waals surface area contributed by atoms with Gasteiger partial charge in [0.15, 0.2) is 11.5 Å². The summed E-state index contributed by atoms with van der Waals surface area (Å²) >= 11 is 6.05. The van der Waals surface area contributed by atoms with Crippen LogP contribution in [0.4, 0.5) is 10.2 Å². The minimum Gasteiger partial charge on any atom is -0.360 e. The Kier molecular flexibility index (Phi) is 4.70. The molecule has 1 aliphatic rings. The highest BCUT2D eigenvalue weighted by molar-refractivity contribution is 6.31. The van der Waals surface area contributed by atoms with Crippen molar-refractivity contribution < 1.29 is 13.7 Å². The third kappa shape index (κ3) is 3.73. The molecule has 1 aromatic carbocycles. The summed E-state index contributed by atoms with van der Waals surface area (Å²) in [6, 6.07) is 5.91. The molecule has 0 spiro atoms. The Bertz CT molecular complexity index is 998. The summed E-state index contributed by atoms with van der Waals surface area (Å²) in [5.74, 6) is 0.985. The van der Waals surface area contributed by atoms with Crippen LogP contribution in [0.25, 0.3) is 0 Å². The van der Waals surface area contributed by atoms with Crippen molar-refractivity contribution in [2.24, 2.45) is 5.92 Å². The smallest absolute Gasteiger partial charge is 0.279 e. The highest BCUT2D eigenvalue weighted by Crippen LogP contribution is 2.28. The predicted octanol–water partition coefficient (Wildman–Crippen LogP) is 4.09. The fourth-order valence-corrected chi connectivity index (χ4v) is 3.50. The maximum absolute atomic E-state index is 13.1. The monoisotopic (exact) mass is 388 g/mol. The molecule has 1 atom stereocenters. The fraction of sp³-hybridized carbons (Fsp3) is 0.316. The van der Waals surface area contributed by atoms with Crippen LogP contribution < -0.4 is 5.32 Å². The molecule has 0 aliphatic heterocycles. The van der Waals surface area contributed by atoms with Gasteiger partial charge in [-0.2, -0.15) is 5.10 Å². The van der Waals surface area contributed by atoms with Crippen LogP contribution in [-0.2, 0) is 19.4 Å². The van der Waals surface area contributed by atoms with E-state index >= 15 is 0 Å². The van der Waals surface area contributed by atoms with Crippen molar-refractivity contribution in [2.75, 3.05) is 5.32 Å². The third-order valence-electron chi connectivity index (χ3n) is 4.73. The largest absolute Gasteiger partial charge is 0.360 e. The second-order valence-corrected chi connectivity index (χ2v) is 7.28. The zero-order valence-electron chi connectivity index (χ0n) is 14.7. The highest BCUT2D eigenvalue weighted by atomic mass is 35.5. The van der Waals surface area contributed by atoms with Crippen molar-refractivity contribution in [3.8, 4) is 0 Å². The number of nitrogens with zero attached hydrogens (tertiary/aromatic N) is 3. The van der Waals surface area contributed by atoms with Crippen LogP contribution in [0.3, 0.4) is 0 Å². The molecule has 6 nitrogen and oxygen atoms in total. The molecule has 0 radical (unpaired) electrons. The van der Waals surface area contributed by atoms with Crippen molar-refractivity contribution >= 4 is 23.3 Å². The van der Waals surface area contributed by atoms with Gasteiger partial charge >= 0.3 is 0 Å². The second kappa shape index (κ2) is 7.15. The number of amides is 1. The average molecular weight is 389 g/mol. The van der Waals surface area contributed by atoms with Crippen LogP contribution in [0.2, 0.25) is 5.02 Å². The minimum atomic E-state index is -0.387. The zero-order valence-corrected chi connectivity index (χ0v) is 15.5. The molecule has 0 saturated heterocycles. The van der Waals surface area contributed by atoms with Crippen molar-refractivity contribution in [1.29, 1.82) is 0 Å². The second-order valence-electron chi connectivity index (χ2n) is 6.87. The van der Waals surface area contributed by atoms with Gasteiger partial charge in [-0.15, -0.1) is 0 Å². The van der Waals surface area contributed by atoms with E-state index < -0.39 is 0 Å². The molecule has 1 N–H and O–H groups in total. The van der Waals surface area contributed by atoms with Crippen LogP contribution in [0, 0.1) is 11.7 Å². The van der Waals surface area contributed by atoms with Crippen molar-refractivity contribution in [2.45, 2.75) is 32.7 Å². The number of rotatable bonds is 4. The number of aryl methyl sites for hydroxylation is 1. The number of carbonyl (C=O) groups is 1. The molecule has 2 aromatic heterocycles. The van der Waals surface area contributed by atoms with Gasteiger partial charge in [0.25, 0.3) is 5.91 Å². The van der Waals surface area contributed by atoms with E-state index in [-0.39, 0.29) is 11.7 Å². The normalized spacial score (nSPS) is 16.2. The Morgan fingerprint density at radius 3 is 3.11 bits per heavy atom. The number of fused-ring (bicyclic) bond motifs is 1. The Morgan fingerprint density at radius 1 is 1.44 bits per heavy atom. The number of carbonyl (C=O) groups excluding carboxylic acids is 1.